The molecule has 2 aromatic carbocycles. The summed E-state index contributed by atoms with van der Waals surface area (Å²) in [5.74, 6) is 0.937. The molecule has 4 rings (SSSR count). The van der Waals surface area contributed by atoms with Gasteiger partial charge in [0.1, 0.15) is 11.6 Å². The molecule has 0 spiro atoms. The van der Waals surface area contributed by atoms with Crippen LogP contribution in [-0.4, -0.2) is 22.0 Å². The van der Waals surface area contributed by atoms with Crippen LogP contribution in [0.15, 0.2) is 48.5 Å². The molecule has 3 aromatic rings. The van der Waals surface area contributed by atoms with Gasteiger partial charge in [0.15, 0.2) is 0 Å². The molecule has 1 aliphatic rings. The molecule has 2 heterocycles. The first-order valence-electron chi connectivity index (χ1n) is 9.04. The van der Waals surface area contributed by atoms with E-state index in [1.807, 2.05) is 18.2 Å². The van der Waals surface area contributed by atoms with Gasteiger partial charge in [0, 0.05) is 25.4 Å². The monoisotopic (exact) mass is 351 g/mol. The number of para-hydroxylation sites is 3. The second kappa shape index (κ2) is 6.56. The number of imidazole rings is 1. The fraction of sp³-hybridized carbons (Fsp3) is 0.333. The van der Waals surface area contributed by atoms with Gasteiger partial charge in [-0.3, -0.25) is 4.79 Å². The normalized spacial score (nSPS) is 17.6. The van der Waals surface area contributed by atoms with Crippen LogP contribution >= 0.6 is 0 Å². The van der Waals surface area contributed by atoms with Gasteiger partial charge in [0.2, 0.25) is 5.91 Å². The summed E-state index contributed by atoms with van der Waals surface area (Å²) < 4.78 is 16.4. The summed E-state index contributed by atoms with van der Waals surface area (Å²) in [6.07, 6.45) is 0.357. The summed E-state index contributed by atoms with van der Waals surface area (Å²) in [7, 11) is 0. The molecular formula is C21H22FN3O. The van der Waals surface area contributed by atoms with Crippen molar-refractivity contribution in [3.05, 3.63) is 60.2 Å². The standard InChI is InChI=1S/C21H22FN3O/c1-14(2)12-25-19-10-6-4-8-17(19)23-21(25)15-11-20(26)24(13-15)18-9-5-3-7-16(18)22/h3-10,14-15H,11-13H2,1-2H3/t15-/m1/s1. The lowest BCUT2D eigenvalue weighted by molar-refractivity contribution is -0.117. The number of nitrogens with zero attached hydrogens (tertiary/aromatic N) is 3. The number of hydrogen-bond acceptors (Lipinski definition) is 2. The summed E-state index contributed by atoms with van der Waals surface area (Å²) in [5.41, 5.74) is 2.39. The molecule has 1 amide bonds. The number of carbonyl (C=O) groups is 1. The Hall–Kier alpha value is -2.69. The SMILES string of the molecule is CC(C)Cn1c([C@@H]2CC(=O)N(c3ccccc3F)C2)nc2ccccc21. The van der Waals surface area contributed by atoms with Gasteiger partial charge in [-0.15, -0.1) is 0 Å². The van der Waals surface area contributed by atoms with Crippen LogP contribution in [0.4, 0.5) is 10.1 Å². The minimum absolute atomic E-state index is 0.0340. The Kier molecular flexibility index (Phi) is 4.23. The van der Waals surface area contributed by atoms with Gasteiger partial charge in [-0.25, -0.2) is 9.37 Å². The highest BCUT2D eigenvalue weighted by Gasteiger charge is 2.35. The first kappa shape index (κ1) is 16.8. The van der Waals surface area contributed by atoms with E-state index in [0.29, 0.717) is 24.6 Å². The molecule has 0 saturated carbocycles. The van der Waals surface area contributed by atoms with Crippen molar-refractivity contribution in [1.82, 2.24) is 9.55 Å². The molecular weight excluding hydrogens is 329 g/mol. The van der Waals surface area contributed by atoms with Gasteiger partial charge >= 0.3 is 0 Å². The lowest BCUT2D eigenvalue weighted by atomic mass is 10.1. The summed E-state index contributed by atoms with van der Waals surface area (Å²) in [6, 6.07) is 14.5. The van der Waals surface area contributed by atoms with Crippen LogP contribution in [0.25, 0.3) is 11.0 Å². The molecule has 1 fully saturated rings. The Morgan fingerprint density at radius 3 is 2.65 bits per heavy atom. The number of rotatable bonds is 4. The van der Waals surface area contributed by atoms with Crippen molar-refractivity contribution >= 4 is 22.6 Å². The average molecular weight is 351 g/mol. The quantitative estimate of drug-likeness (QED) is 0.701. The van der Waals surface area contributed by atoms with Crippen molar-refractivity contribution in [2.45, 2.75) is 32.7 Å². The lowest BCUT2D eigenvalue weighted by Gasteiger charge is -2.18. The Morgan fingerprint density at radius 2 is 1.88 bits per heavy atom. The molecule has 1 saturated heterocycles. The topological polar surface area (TPSA) is 38.1 Å². The van der Waals surface area contributed by atoms with Crippen molar-refractivity contribution in [2.75, 3.05) is 11.4 Å². The number of hydrogen-bond donors (Lipinski definition) is 0. The van der Waals surface area contributed by atoms with Gasteiger partial charge in [-0.1, -0.05) is 38.1 Å². The van der Waals surface area contributed by atoms with E-state index in [4.69, 9.17) is 4.98 Å². The van der Waals surface area contributed by atoms with E-state index in [2.05, 4.69) is 24.5 Å². The molecule has 0 N–H and O–H groups in total. The third-order valence-corrected chi connectivity index (χ3v) is 4.87. The molecule has 0 aliphatic carbocycles. The van der Waals surface area contributed by atoms with Gasteiger partial charge in [-0.2, -0.15) is 0 Å². The van der Waals surface area contributed by atoms with Crippen molar-refractivity contribution in [1.29, 1.82) is 0 Å². The maximum Gasteiger partial charge on any atom is 0.227 e. The zero-order valence-electron chi connectivity index (χ0n) is 15.0. The average Bonchev–Trinajstić information content (AvgIpc) is 3.16. The second-order valence-corrected chi connectivity index (χ2v) is 7.32. The van der Waals surface area contributed by atoms with Gasteiger partial charge < -0.3 is 9.47 Å². The van der Waals surface area contributed by atoms with E-state index in [0.717, 1.165) is 23.4 Å². The maximum absolute atomic E-state index is 14.1. The van der Waals surface area contributed by atoms with Gasteiger partial charge in [0.05, 0.1) is 16.7 Å². The largest absolute Gasteiger partial charge is 0.327 e. The number of halogens is 1. The number of aromatic nitrogens is 2. The minimum atomic E-state index is -0.364. The van der Waals surface area contributed by atoms with Gasteiger partial charge in [0.25, 0.3) is 0 Å². The van der Waals surface area contributed by atoms with Crippen molar-refractivity contribution in [2.24, 2.45) is 5.92 Å². The third-order valence-electron chi connectivity index (χ3n) is 4.87. The highest BCUT2D eigenvalue weighted by Crippen LogP contribution is 2.34. The van der Waals surface area contributed by atoms with Gasteiger partial charge in [-0.05, 0) is 30.2 Å². The van der Waals surface area contributed by atoms with E-state index in [9.17, 15) is 9.18 Å². The maximum atomic E-state index is 14.1. The zero-order chi connectivity index (χ0) is 18.3. The summed E-state index contributed by atoms with van der Waals surface area (Å²) in [6.45, 7) is 5.65. The number of carbonyl (C=O) groups excluding carboxylic acids is 1. The first-order valence-corrected chi connectivity index (χ1v) is 9.04. The molecule has 0 unspecified atom stereocenters. The number of anilines is 1. The van der Waals surface area contributed by atoms with E-state index in [-0.39, 0.29) is 17.6 Å². The number of fused-ring (bicyclic) bond motifs is 1. The van der Waals surface area contributed by atoms with Crippen LogP contribution in [0.1, 0.15) is 32.0 Å². The molecule has 1 atom stereocenters. The van der Waals surface area contributed by atoms with Crippen molar-refractivity contribution in [3.8, 4) is 0 Å². The predicted octanol–water partition coefficient (Wildman–Crippen LogP) is 4.35. The predicted molar refractivity (Wildman–Crippen MR) is 101 cm³/mol. The molecule has 0 bridgehead atoms. The smallest absolute Gasteiger partial charge is 0.227 e. The second-order valence-electron chi connectivity index (χ2n) is 7.32. The molecule has 26 heavy (non-hydrogen) atoms. The fourth-order valence-electron chi connectivity index (χ4n) is 3.75. The van der Waals surface area contributed by atoms with Crippen LogP contribution in [-0.2, 0) is 11.3 Å². The molecule has 4 nitrogen and oxygen atoms in total. The van der Waals surface area contributed by atoms with Crippen LogP contribution < -0.4 is 4.90 Å². The fourth-order valence-corrected chi connectivity index (χ4v) is 3.75. The van der Waals surface area contributed by atoms with Crippen molar-refractivity contribution < 1.29 is 9.18 Å². The third kappa shape index (κ3) is 2.87. The Bertz CT molecular complexity index is 963. The first-order chi connectivity index (χ1) is 12.5. The molecule has 134 valence electrons. The summed E-state index contributed by atoms with van der Waals surface area (Å²) in [4.78, 5) is 19.0. The molecule has 1 aromatic heterocycles. The Balaban J connectivity index is 1.72. The number of benzene rings is 2. The van der Waals surface area contributed by atoms with E-state index < -0.39 is 0 Å². The summed E-state index contributed by atoms with van der Waals surface area (Å²) in [5, 5.41) is 0. The number of amides is 1. The highest BCUT2D eigenvalue weighted by molar-refractivity contribution is 5.96. The molecule has 0 radical (unpaired) electrons. The van der Waals surface area contributed by atoms with Crippen molar-refractivity contribution in [3.63, 3.8) is 0 Å². The Morgan fingerprint density at radius 1 is 1.15 bits per heavy atom. The Labute approximate surface area is 152 Å². The van der Waals surface area contributed by atoms with Crippen LogP contribution in [0.2, 0.25) is 0 Å². The van der Waals surface area contributed by atoms with E-state index in [1.54, 1.807) is 23.1 Å². The molecule has 5 heteroatoms. The molecule has 1 aliphatic heterocycles. The van der Waals surface area contributed by atoms with E-state index >= 15 is 0 Å². The zero-order valence-corrected chi connectivity index (χ0v) is 15.0. The minimum Gasteiger partial charge on any atom is -0.327 e. The van der Waals surface area contributed by atoms with Crippen LogP contribution in [0.5, 0.6) is 0 Å². The van der Waals surface area contributed by atoms with Crippen LogP contribution in [0, 0.1) is 11.7 Å². The lowest BCUT2D eigenvalue weighted by Crippen LogP contribution is -2.25. The van der Waals surface area contributed by atoms with E-state index in [1.165, 1.54) is 6.07 Å². The summed E-state index contributed by atoms with van der Waals surface area (Å²) >= 11 is 0. The van der Waals surface area contributed by atoms with Crippen LogP contribution in [0.3, 0.4) is 0 Å². The highest BCUT2D eigenvalue weighted by atomic mass is 19.1.